The van der Waals surface area contributed by atoms with E-state index in [1.165, 1.54) is 11.8 Å². The quantitative estimate of drug-likeness (QED) is 0.773. The number of nitrogens with zero attached hydrogens (tertiary/aromatic N) is 1. The van der Waals surface area contributed by atoms with Crippen LogP contribution in [-0.4, -0.2) is 10.4 Å². The molecular formula is C14H9NO2S. The Labute approximate surface area is 109 Å². The lowest BCUT2D eigenvalue weighted by atomic mass is 10.0. The van der Waals surface area contributed by atoms with Crippen molar-refractivity contribution in [2.75, 3.05) is 0 Å². The van der Waals surface area contributed by atoms with Crippen LogP contribution in [0.15, 0.2) is 58.7 Å². The highest BCUT2D eigenvalue weighted by Crippen LogP contribution is 2.44. The topological polar surface area (TPSA) is 53.2 Å². The summed E-state index contributed by atoms with van der Waals surface area (Å²) in [5, 5.41) is 18.8. The Kier molecular flexibility index (Phi) is 2.62. The molecule has 0 spiro atoms. The molecule has 3 nitrogen and oxygen atoms in total. The molecule has 0 saturated carbocycles. The highest BCUT2D eigenvalue weighted by molar-refractivity contribution is 8.00. The van der Waals surface area contributed by atoms with Gasteiger partial charge in [-0.2, -0.15) is 5.26 Å². The van der Waals surface area contributed by atoms with Gasteiger partial charge in [0.25, 0.3) is 0 Å². The van der Waals surface area contributed by atoms with Gasteiger partial charge >= 0.3 is 0 Å². The fourth-order valence-corrected chi connectivity index (χ4v) is 2.96. The van der Waals surface area contributed by atoms with Gasteiger partial charge in [0.1, 0.15) is 11.5 Å². The average Bonchev–Trinajstić information content (AvgIpc) is 2.58. The number of phenolic OH excluding ortho intramolecular Hbond substituents is 1. The van der Waals surface area contributed by atoms with Gasteiger partial charge in [-0.25, -0.2) is 0 Å². The molecule has 1 aromatic rings. The van der Waals surface area contributed by atoms with Crippen LogP contribution >= 0.6 is 11.8 Å². The van der Waals surface area contributed by atoms with Gasteiger partial charge < -0.3 is 9.84 Å². The van der Waals surface area contributed by atoms with Gasteiger partial charge in [0.15, 0.2) is 0 Å². The Morgan fingerprint density at radius 3 is 3.11 bits per heavy atom. The van der Waals surface area contributed by atoms with E-state index in [1.807, 2.05) is 12.1 Å². The number of thioether (sulfide) groups is 1. The Morgan fingerprint density at radius 2 is 2.28 bits per heavy atom. The smallest absolute Gasteiger partial charge is 0.143 e. The monoisotopic (exact) mass is 255 g/mol. The molecule has 1 aliphatic heterocycles. The zero-order valence-corrected chi connectivity index (χ0v) is 10.1. The first kappa shape index (κ1) is 11.0. The predicted molar refractivity (Wildman–Crippen MR) is 69.3 cm³/mol. The maximum atomic E-state index is 9.85. The highest BCUT2D eigenvalue weighted by Gasteiger charge is 2.23. The second-order valence-electron chi connectivity index (χ2n) is 3.95. The van der Waals surface area contributed by atoms with Crippen molar-refractivity contribution in [2.24, 2.45) is 0 Å². The van der Waals surface area contributed by atoms with Crippen LogP contribution in [0.4, 0.5) is 0 Å². The third-order valence-electron chi connectivity index (χ3n) is 2.76. The van der Waals surface area contributed by atoms with Crippen molar-refractivity contribution in [3.8, 4) is 17.6 Å². The summed E-state index contributed by atoms with van der Waals surface area (Å²) < 4.78 is 5.56. The Balaban J connectivity index is 2.03. The molecule has 88 valence electrons. The summed E-state index contributed by atoms with van der Waals surface area (Å²) >= 11 is 1.52. The van der Waals surface area contributed by atoms with Gasteiger partial charge in [0.2, 0.25) is 0 Å². The van der Waals surface area contributed by atoms with Gasteiger partial charge in [-0.1, -0.05) is 12.1 Å². The van der Waals surface area contributed by atoms with Crippen molar-refractivity contribution in [2.45, 2.75) is 10.1 Å². The van der Waals surface area contributed by atoms with Crippen LogP contribution in [0.2, 0.25) is 0 Å². The molecule has 0 radical (unpaired) electrons. The van der Waals surface area contributed by atoms with Crippen LogP contribution < -0.4 is 4.74 Å². The first-order valence-corrected chi connectivity index (χ1v) is 6.31. The van der Waals surface area contributed by atoms with Crippen LogP contribution in [0.5, 0.6) is 11.5 Å². The van der Waals surface area contributed by atoms with Gasteiger partial charge in [0, 0.05) is 5.57 Å². The number of fused-ring (bicyclic) bond motifs is 2. The standard InChI is InChI=1S/C14H9NO2S/c15-7-9-4-5-13-10(6-9)8-17-12-3-1-2-11(16)14(12)18-13/h1-6,8,13,16H. The third-order valence-corrected chi connectivity index (χ3v) is 4.08. The average molecular weight is 255 g/mol. The number of phenols is 1. The maximum absolute atomic E-state index is 9.85. The van der Waals surface area contributed by atoms with E-state index in [9.17, 15) is 5.11 Å². The molecule has 0 fully saturated rings. The molecule has 2 aliphatic rings. The second kappa shape index (κ2) is 4.28. The van der Waals surface area contributed by atoms with Crippen molar-refractivity contribution < 1.29 is 9.84 Å². The van der Waals surface area contributed by atoms with Crippen molar-refractivity contribution in [1.82, 2.24) is 0 Å². The van der Waals surface area contributed by atoms with E-state index in [4.69, 9.17) is 10.00 Å². The van der Waals surface area contributed by atoms with Crippen LogP contribution in [-0.2, 0) is 0 Å². The molecule has 0 saturated heterocycles. The fourth-order valence-electron chi connectivity index (χ4n) is 1.86. The summed E-state index contributed by atoms with van der Waals surface area (Å²) in [6, 6.07) is 7.31. The van der Waals surface area contributed by atoms with Crippen LogP contribution in [0.3, 0.4) is 0 Å². The molecule has 0 amide bonds. The summed E-state index contributed by atoms with van der Waals surface area (Å²) in [6.07, 6.45) is 7.18. The molecular weight excluding hydrogens is 246 g/mol. The lowest BCUT2D eigenvalue weighted by Gasteiger charge is -2.14. The molecule has 18 heavy (non-hydrogen) atoms. The van der Waals surface area contributed by atoms with E-state index in [0.717, 1.165) is 10.5 Å². The summed E-state index contributed by atoms with van der Waals surface area (Å²) in [6.45, 7) is 0. The minimum atomic E-state index is 0.0663. The van der Waals surface area contributed by atoms with Gasteiger partial charge in [-0.15, -0.1) is 11.8 Å². The molecule has 1 aliphatic carbocycles. The largest absolute Gasteiger partial charge is 0.507 e. The van der Waals surface area contributed by atoms with E-state index < -0.39 is 0 Å². The van der Waals surface area contributed by atoms with Crippen molar-refractivity contribution in [1.29, 1.82) is 5.26 Å². The maximum Gasteiger partial charge on any atom is 0.143 e. The van der Waals surface area contributed by atoms with Crippen molar-refractivity contribution >= 4 is 11.8 Å². The number of hydrogen-bond acceptors (Lipinski definition) is 4. The summed E-state index contributed by atoms with van der Waals surface area (Å²) in [7, 11) is 0. The van der Waals surface area contributed by atoms with Crippen molar-refractivity contribution in [3.63, 3.8) is 0 Å². The van der Waals surface area contributed by atoms with E-state index in [2.05, 4.69) is 6.07 Å². The van der Waals surface area contributed by atoms with Crippen LogP contribution in [0.1, 0.15) is 0 Å². The number of nitriles is 1. The Hall–Kier alpha value is -2.12. The summed E-state index contributed by atoms with van der Waals surface area (Å²) in [5.74, 6) is 0.859. The predicted octanol–water partition coefficient (Wildman–Crippen LogP) is 3.15. The van der Waals surface area contributed by atoms with E-state index in [0.29, 0.717) is 11.3 Å². The third kappa shape index (κ3) is 1.79. The molecule has 0 aromatic heterocycles. The first-order chi connectivity index (χ1) is 8.78. The minimum Gasteiger partial charge on any atom is -0.507 e. The molecule has 1 unspecified atom stereocenters. The molecule has 0 bridgehead atoms. The Morgan fingerprint density at radius 1 is 1.39 bits per heavy atom. The zero-order valence-electron chi connectivity index (χ0n) is 9.33. The second-order valence-corrected chi connectivity index (χ2v) is 5.10. The zero-order chi connectivity index (χ0) is 12.5. The lowest BCUT2D eigenvalue weighted by Crippen LogP contribution is -2.05. The van der Waals surface area contributed by atoms with Gasteiger partial charge in [-0.3, -0.25) is 0 Å². The van der Waals surface area contributed by atoms with E-state index >= 15 is 0 Å². The number of hydrogen-bond donors (Lipinski definition) is 1. The SMILES string of the molecule is N#CC1=CC2=COc3cccc(O)c3SC2C=C1. The fraction of sp³-hybridized carbons (Fsp3) is 0.0714. The van der Waals surface area contributed by atoms with Crippen LogP contribution in [0, 0.1) is 11.3 Å². The van der Waals surface area contributed by atoms with Gasteiger partial charge in [0.05, 0.1) is 28.0 Å². The molecule has 1 aromatic carbocycles. The number of aromatic hydroxyl groups is 1. The normalized spacial score (nSPS) is 20.5. The number of allylic oxidation sites excluding steroid dienone is 3. The molecule has 1 atom stereocenters. The van der Waals surface area contributed by atoms with Crippen LogP contribution in [0.25, 0.3) is 0 Å². The number of ether oxygens (including phenoxy) is 1. The summed E-state index contributed by atoms with van der Waals surface area (Å²) in [5.41, 5.74) is 1.53. The first-order valence-electron chi connectivity index (χ1n) is 5.43. The Bertz CT molecular complexity index is 638. The highest BCUT2D eigenvalue weighted by atomic mass is 32.2. The summed E-state index contributed by atoms with van der Waals surface area (Å²) in [4.78, 5) is 0.729. The minimum absolute atomic E-state index is 0.0663. The van der Waals surface area contributed by atoms with E-state index in [1.54, 1.807) is 30.5 Å². The van der Waals surface area contributed by atoms with E-state index in [-0.39, 0.29) is 11.0 Å². The molecule has 1 heterocycles. The molecule has 4 heteroatoms. The number of benzene rings is 1. The molecule has 3 rings (SSSR count). The van der Waals surface area contributed by atoms with Gasteiger partial charge in [-0.05, 0) is 24.3 Å². The van der Waals surface area contributed by atoms with Crippen molar-refractivity contribution in [3.05, 3.63) is 53.8 Å². The molecule has 1 N–H and O–H groups in total. The lowest BCUT2D eigenvalue weighted by molar-refractivity contribution is 0.433. The number of rotatable bonds is 0.